The second kappa shape index (κ2) is 6.70. The molecule has 0 saturated heterocycles. The number of hydrogen-bond donors (Lipinski definition) is 2. The van der Waals surface area contributed by atoms with Gasteiger partial charge < -0.3 is 15.6 Å². The molecule has 1 aromatic heterocycles. The lowest BCUT2D eigenvalue weighted by molar-refractivity contribution is -0.121. The maximum atomic E-state index is 11.7. The Morgan fingerprint density at radius 3 is 2.85 bits per heavy atom. The molecule has 1 heterocycles. The molecule has 0 saturated carbocycles. The molecule has 6 heteroatoms. The van der Waals surface area contributed by atoms with Gasteiger partial charge in [-0.1, -0.05) is 23.4 Å². The van der Waals surface area contributed by atoms with Crippen LogP contribution in [0.1, 0.15) is 23.7 Å². The van der Waals surface area contributed by atoms with Gasteiger partial charge in [-0.3, -0.25) is 4.79 Å². The molecule has 1 amide bonds. The predicted octanol–water partition coefficient (Wildman–Crippen LogP) is 1.25. The zero-order valence-electron chi connectivity index (χ0n) is 11.4. The third-order valence-electron chi connectivity index (χ3n) is 2.91. The lowest BCUT2D eigenvalue weighted by Gasteiger charge is -2.06. The van der Waals surface area contributed by atoms with Gasteiger partial charge in [0.25, 0.3) is 0 Å². The standard InChI is InChI=1S/C14H18N4O2/c1-10-17-14(20-18-10)8-9-16-13(19)7-6-11-4-2-3-5-12(11)15/h2-5H,6-9,15H2,1H3,(H,16,19). The number of carbonyl (C=O) groups excluding carboxylic acids is 1. The van der Waals surface area contributed by atoms with Gasteiger partial charge in [0.2, 0.25) is 11.8 Å². The molecule has 0 radical (unpaired) electrons. The van der Waals surface area contributed by atoms with Gasteiger partial charge in [-0.15, -0.1) is 0 Å². The molecular weight excluding hydrogens is 256 g/mol. The number of aryl methyl sites for hydroxylation is 2. The van der Waals surface area contributed by atoms with Crippen molar-refractivity contribution in [3.05, 3.63) is 41.5 Å². The van der Waals surface area contributed by atoms with Crippen molar-refractivity contribution in [1.82, 2.24) is 15.5 Å². The molecule has 0 atom stereocenters. The first-order valence-electron chi connectivity index (χ1n) is 6.54. The Hall–Kier alpha value is -2.37. The van der Waals surface area contributed by atoms with Gasteiger partial charge in [-0.2, -0.15) is 4.98 Å². The van der Waals surface area contributed by atoms with Crippen LogP contribution in [0.15, 0.2) is 28.8 Å². The van der Waals surface area contributed by atoms with Gasteiger partial charge in [0, 0.05) is 25.1 Å². The van der Waals surface area contributed by atoms with E-state index in [1.54, 1.807) is 6.92 Å². The highest BCUT2D eigenvalue weighted by Gasteiger charge is 2.06. The molecule has 2 rings (SSSR count). The molecule has 0 fully saturated rings. The summed E-state index contributed by atoms with van der Waals surface area (Å²) in [5.41, 5.74) is 7.55. The normalized spacial score (nSPS) is 10.4. The fraction of sp³-hybridized carbons (Fsp3) is 0.357. The number of para-hydroxylation sites is 1. The first-order valence-corrected chi connectivity index (χ1v) is 6.54. The van der Waals surface area contributed by atoms with Crippen LogP contribution in [0.4, 0.5) is 5.69 Å². The maximum absolute atomic E-state index is 11.7. The number of aromatic nitrogens is 2. The number of amides is 1. The van der Waals surface area contributed by atoms with Gasteiger partial charge in [0.15, 0.2) is 5.82 Å². The largest absolute Gasteiger partial charge is 0.399 e. The second-order valence-corrected chi connectivity index (χ2v) is 4.53. The Kier molecular flexibility index (Phi) is 4.70. The van der Waals surface area contributed by atoms with E-state index in [9.17, 15) is 4.79 Å². The van der Waals surface area contributed by atoms with Crippen LogP contribution in [0.25, 0.3) is 0 Å². The molecule has 0 unspecified atom stereocenters. The van der Waals surface area contributed by atoms with E-state index in [0.717, 1.165) is 11.3 Å². The molecule has 6 nitrogen and oxygen atoms in total. The molecule has 0 bridgehead atoms. The highest BCUT2D eigenvalue weighted by Crippen LogP contribution is 2.12. The van der Waals surface area contributed by atoms with Crippen LogP contribution >= 0.6 is 0 Å². The molecule has 1 aromatic carbocycles. The Morgan fingerprint density at radius 1 is 1.35 bits per heavy atom. The average molecular weight is 274 g/mol. The minimum absolute atomic E-state index is 0.00973. The van der Waals surface area contributed by atoms with Gasteiger partial charge >= 0.3 is 0 Å². The number of nitrogens with two attached hydrogens (primary N) is 1. The highest BCUT2D eigenvalue weighted by molar-refractivity contribution is 5.76. The van der Waals surface area contributed by atoms with Gasteiger partial charge in [-0.05, 0) is 25.0 Å². The van der Waals surface area contributed by atoms with E-state index in [1.165, 1.54) is 0 Å². The number of nitrogens with one attached hydrogen (secondary N) is 1. The van der Waals surface area contributed by atoms with E-state index in [4.69, 9.17) is 10.3 Å². The summed E-state index contributed by atoms with van der Waals surface area (Å²) in [6, 6.07) is 7.57. The van der Waals surface area contributed by atoms with Crippen molar-refractivity contribution in [1.29, 1.82) is 0 Å². The minimum Gasteiger partial charge on any atom is -0.399 e. The van der Waals surface area contributed by atoms with Crippen LogP contribution in [0.2, 0.25) is 0 Å². The number of rotatable bonds is 6. The van der Waals surface area contributed by atoms with Crippen molar-refractivity contribution in [2.24, 2.45) is 0 Å². The molecule has 0 aliphatic heterocycles. The summed E-state index contributed by atoms with van der Waals surface area (Å²) in [6.07, 6.45) is 1.59. The van der Waals surface area contributed by atoms with E-state index >= 15 is 0 Å². The summed E-state index contributed by atoms with van der Waals surface area (Å²) in [5, 5.41) is 6.51. The van der Waals surface area contributed by atoms with Crippen molar-refractivity contribution in [3.63, 3.8) is 0 Å². The molecule has 0 aliphatic rings. The van der Waals surface area contributed by atoms with Crippen LogP contribution in [0.3, 0.4) is 0 Å². The number of hydrogen-bond acceptors (Lipinski definition) is 5. The average Bonchev–Trinajstić information content (AvgIpc) is 2.83. The predicted molar refractivity (Wildman–Crippen MR) is 74.9 cm³/mol. The molecule has 0 aliphatic carbocycles. The lowest BCUT2D eigenvalue weighted by Crippen LogP contribution is -2.26. The Labute approximate surface area is 117 Å². The molecule has 106 valence electrons. The van der Waals surface area contributed by atoms with Crippen molar-refractivity contribution in [3.8, 4) is 0 Å². The van der Waals surface area contributed by atoms with Gasteiger partial charge in [-0.25, -0.2) is 0 Å². The van der Waals surface area contributed by atoms with Gasteiger partial charge in [0.05, 0.1) is 0 Å². The van der Waals surface area contributed by atoms with E-state index in [0.29, 0.717) is 37.5 Å². The summed E-state index contributed by atoms with van der Waals surface area (Å²) >= 11 is 0. The fourth-order valence-corrected chi connectivity index (χ4v) is 1.85. The maximum Gasteiger partial charge on any atom is 0.228 e. The second-order valence-electron chi connectivity index (χ2n) is 4.53. The van der Waals surface area contributed by atoms with Crippen LogP contribution in [0.5, 0.6) is 0 Å². The summed E-state index contributed by atoms with van der Waals surface area (Å²) < 4.78 is 4.96. The summed E-state index contributed by atoms with van der Waals surface area (Å²) in [4.78, 5) is 15.8. The van der Waals surface area contributed by atoms with Crippen molar-refractivity contribution < 1.29 is 9.32 Å². The lowest BCUT2D eigenvalue weighted by atomic mass is 10.1. The van der Waals surface area contributed by atoms with E-state index in [2.05, 4.69) is 15.5 Å². The SMILES string of the molecule is Cc1noc(CCNC(=O)CCc2ccccc2N)n1. The third-order valence-corrected chi connectivity index (χ3v) is 2.91. The van der Waals surface area contributed by atoms with Crippen molar-refractivity contribution in [2.75, 3.05) is 12.3 Å². The molecule has 0 spiro atoms. The zero-order valence-corrected chi connectivity index (χ0v) is 11.4. The first kappa shape index (κ1) is 14.0. The quantitative estimate of drug-likeness (QED) is 0.773. The van der Waals surface area contributed by atoms with E-state index in [1.807, 2.05) is 24.3 Å². The van der Waals surface area contributed by atoms with E-state index < -0.39 is 0 Å². The van der Waals surface area contributed by atoms with Crippen molar-refractivity contribution >= 4 is 11.6 Å². The first-order chi connectivity index (χ1) is 9.65. The van der Waals surface area contributed by atoms with Crippen molar-refractivity contribution in [2.45, 2.75) is 26.2 Å². The molecule has 2 aromatic rings. The van der Waals surface area contributed by atoms with Crippen LogP contribution in [-0.2, 0) is 17.6 Å². The fourth-order valence-electron chi connectivity index (χ4n) is 1.85. The molecular formula is C14H18N4O2. The monoisotopic (exact) mass is 274 g/mol. The number of anilines is 1. The highest BCUT2D eigenvalue weighted by atomic mass is 16.5. The zero-order chi connectivity index (χ0) is 14.4. The summed E-state index contributed by atoms with van der Waals surface area (Å²) in [7, 11) is 0. The Morgan fingerprint density at radius 2 is 2.15 bits per heavy atom. The molecule has 3 N–H and O–H groups in total. The van der Waals surface area contributed by atoms with Crippen LogP contribution in [0, 0.1) is 6.92 Å². The van der Waals surface area contributed by atoms with E-state index in [-0.39, 0.29) is 5.91 Å². The third kappa shape index (κ3) is 4.08. The van der Waals surface area contributed by atoms with Crippen LogP contribution in [-0.4, -0.2) is 22.6 Å². The topological polar surface area (TPSA) is 94.0 Å². The minimum atomic E-state index is -0.00973. The number of nitrogen functional groups attached to an aromatic ring is 1. The van der Waals surface area contributed by atoms with Crippen LogP contribution < -0.4 is 11.1 Å². The number of nitrogens with zero attached hydrogens (tertiary/aromatic N) is 2. The van der Waals surface area contributed by atoms with Gasteiger partial charge in [0.1, 0.15) is 0 Å². The Bertz CT molecular complexity index is 580. The summed E-state index contributed by atoms with van der Waals surface area (Å²) in [5.74, 6) is 1.13. The summed E-state index contributed by atoms with van der Waals surface area (Å²) in [6.45, 7) is 2.25. The number of carbonyl (C=O) groups is 1. The Balaban J connectivity index is 1.69. The smallest absolute Gasteiger partial charge is 0.228 e. The number of benzene rings is 1. The molecule has 20 heavy (non-hydrogen) atoms.